The van der Waals surface area contributed by atoms with Gasteiger partial charge in [-0.15, -0.1) is 0 Å². The molecule has 0 bridgehead atoms. The summed E-state index contributed by atoms with van der Waals surface area (Å²) in [5, 5.41) is 7.89. The van der Waals surface area contributed by atoms with Crippen LogP contribution in [-0.4, -0.2) is 36.0 Å². The van der Waals surface area contributed by atoms with Crippen molar-refractivity contribution >= 4 is 5.69 Å². The third-order valence-corrected chi connectivity index (χ3v) is 3.44. The maximum Gasteiger partial charge on any atom is 0.0787 e. The highest BCUT2D eigenvalue weighted by molar-refractivity contribution is 5.52. The van der Waals surface area contributed by atoms with Gasteiger partial charge in [0.05, 0.1) is 23.3 Å². The Morgan fingerprint density at radius 3 is 2.56 bits per heavy atom. The molecule has 1 aliphatic heterocycles. The van der Waals surface area contributed by atoms with Gasteiger partial charge in [0.15, 0.2) is 0 Å². The van der Waals surface area contributed by atoms with Crippen LogP contribution in [0.2, 0.25) is 0 Å². The second-order valence-electron chi connectivity index (χ2n) is 4.60. The van der Waals surface area contributed by atoms with Crippen LogP contribution in [-0.2, 0) is 0 Å². The maximum absolute atomic E-state index is 4.52. The first kappa shape index (κ1) is 11.3. The molecule has 0 spiro atoms. The van der Waals surface area contributed by atoms with E-state index in [0.717, 1.165) is 31.9 Å². The van der Waals surface area contributed by atoms with E-state index in [4.69, 9.17) is 0 Å². The molecule has 2 heterocycles. The number of piperazine rings is 1. The molecule has 1 aliphatic rings. The fourth-order valence-electron chi connectivity index (χ4n) is 2.45. The number of aromatic nitrogens is 2. The molecule has 0 saturated carbocycles. The van der Waals surface area contributed by atoms with Gasteiger partial charge in [0.2, 0.25) is 0 Å². The molecule has 1 saturated heterocycles. The molecule has 94 valence electrons. The fraction of sp³-hybridized carbons (Fsp3) is 0.357. The minimum atomic E-state index is 1.05. The molecule has 0 unspecified atom stereocenters. The molecule has 1 aromatic carbocycles. The van der Waals surface area contributed by atoms with E-state index in [0.29, 0.717) is 0 Å². The smallest absolute Gasteiger partial charge is 0.0787 e. The summed E-state index contributed by atoms with van der Waals surface area (Å²) in [5.74, 6) is 0. The summed E-state index contributed by atoms with van der Waals surface area (Å²) in [4.78, 5) is 2.40. The monoisotopic (exact) mass is 242 g/mol. The van der Waals surface area contributed by atoms with Gasteiger partial charge in [0, 0.05) is 26.2 Å². The third-order valence-electron chi connectivity index (χ3n) is 3.44. The molecule has 0 amide bonds. The zero-order chi connectivity index (χ0) is 12.4. The SMILES string of the molecule is Cc1c(N2CCNCC2)cnn1-c1ccccc1. The Morgan fingerprint density at radius 2 is 1.83 bits per heavy atom. The molecule has 0 aliphatic carbocycles. The van der Waals surface area contributed by atoms with Gasteiger partial charge in [0.1, 0.15) is 0 Å². The van der Waals surface area contributed by atoms with Crippen molar-refractivity contribution in [2.45, 2.75) is 6.92 Å². The Hall–Kier alpha value is -1.81. The molecule has 4 heteroatoms. The van der Waals surface area contributed by atoms with E-state index in [9.17, 15) is 0 Å². The van der Waals surface area contributed by atoms with E-state index < -0.39 is 0 Å². The molecule has 1 aromatic heterocycles. The lowest BCUT2D eigenvalue weighted by atomic mass is 10.2. The lowest BCUT2D eigenvalue weighted by Gasteiger charge is -2.28. The maximum atomic E-state index is 4.52. The quantitative estimate of drug-likeness (QED) is 0.868. The van der Waals surface area contributed by atoms with Crippen molar-refractivity contribution in [2.24, 2.45) is 0 Å². The normalized spacial score (nSPS) is 15.9. The number of nitrogens with one attached hydrogen (secondary N) is 1. The second kappa shape index (κ2) is 4.82. The van der Waals surface area contributed by atoms with Crippen LogP contribution in [0.4, 0.5) is 5.69 Å². The van der Waals surface area contributed by atoms with Crippen LogP contribution < -0.4 is 10.2 Å². The molecule has 18 heavy (non-hydrogen) atoms. The number of para-hydroxylation sites is 1. The number of benzene rings is 1. The largest absolute Gasteiger partial charge is 0.366 e. The Labute approximate surface area is 107 Å². The summed E-state index contributed by atoms with van der Waals surface area (Å²) in [6.07, 6.45) is 1.98. The van der Waals surface area contributed by atoms with E-state index in [1.54, 1.807) is 0 Å². The summed E-state index contributed by atoms with van der Waals surface area (Å²) in [6.45, 7) is 6.35. The van der Waals surface area contributed by atoms with Crippen molar-refractivity contribution in [3.05, 3.63) is 42.2 Å². The summed E-state index contributed by atoms with van der Waals surface area (Å²) in [5.41, 5.74) is 3.58. The van der Waals surface area contributed by atoms with Crippen LogP contribution in [0.3, 0.4) is 0 Å². The Bertz CT molecular complexity index is 512. The van der Waals surface area contributed by atoms with Crippen molar-refractivity contribution < 1.29 is 0 Å². The first-order valence-corrected chi connectivity index (χ1v) is 6.42. The molecule has 4 nitrogen and oxygen atoms in total. The average molecular weight is 242 g/mol. The zero-order valence-electron chi connectivity index (χ0n) is 10.6. The Balaban J connectivity index is 1.92. The van der Waals surface area contributed by atoms with Crippen LogP contribution >= 0.6 is 0 Å². The predicted molar refractivity (Wildman–Crippen MR) is 73.4 cm³/mol. The molecule has 3 rings (SSSR count). The van der Waals surface area contributed by atoms with Gasteiger partial charge in [-0.2, -0.15) is 5.10 Å². The third kappa shape index (κ3) is 1.99. The molecular formula is C14H18N4. The number of hydrogen-bond donors (Lipinski definition) is 1. The van der Waals surface area contributed by atoms with Gasteiger partial charge in [-0.1, -0.05) is 18.2 Å². The van der Waals surface area contributed by atoms with Crippen LogP contribution in [0.25, 0.3) is 5.69 Å². The zero-order valence-corrected chi connectivity index (χ0v) is 10.6. The van der Waals surface area contributed by atoms with Crippen LogP contribution in [0.1, 0.15) is 5.69 Å². The van der Waals surface area contributed by atoms with E-state index in [1.165, 1.54) is 11.4 Å². The number of hydrogen-bond acceptors (Lipinski definition) is 3. The number of nitrogens with zero attached hydrogens (tertiary/aromatic N) is 3. The van der Waals surface area contributed by atoms with Gasteiger partial charge in [-0.25, -0.2) is 4.68 Å². The van der Waals surface area contributed by atoms with E-state index in [1.807, 2.05) is 29.1 Å². The van der Waals surface area contributed by atoms with Gasteiger partial charge in [-0.05, 0) is 19.1 Å². The summed E-state index contributed by atoms with van der Waals surface area (Å²) in [7, 11) is 0. The molecule has 0 atom stereocenters. The highest BCUT2D eigenvalue weighted by atomic mass is 15.3. The topological polar surface area (TPSA) is 33.1 Å². The van der Waals surface area contributed by atoms with Crippen LogP contribution in [0, 0.1) is 6.92 Å². The summed E-state index contributed by atoms with van der Waals surface area (Å²) >= 11 is 0. The molecule has 1 N–H and O–H groups in total. The lowest BCUT2D eigenvalue weighted by Crippen LogP contribution is -2.43. The average Bonchev–Trinajstić information content (AvgIpc) is 2.83. The van der Waals surface area contributed by atoms with Crippen LogP contribution in [0.15, 0.2) is 36.5 Å². The lowest BCUT2D eigenvalue weighted by molar-refractivity contribution is 0.588. The predicted octanol–water partition coefficient (Wildman–Crippen LogP) is 1.59. The first-order valence-electron chi connectivity index (χ1n) is 6.42. The van der Waals surface area contributed by atoms with Crippen molar-refractivity contribution in [3.8, 4) is 5.69 Å². The van der Waals surface area contributed by atoms with E-state index >= 15 is 0 Å². The summed E-state index contributed by atoms with van der Waals surface area (Å²) < 4.78 is 2.01. The number of rotatable bonds is 2. The van der Waals surface area contributed by atoms with Crippen molar-refractivity contribution in [1.29, 1.82) is 0 Å². The second-order valence-corrected chi connectivity index (χ2v) is 4.60. The van der Waals surface area contributed by atoms with Gasteiger partial charge in [0.25, 0.3) is 0 Å². The van der Waals surface area contributed by atoms with Gasteiger partial charge < -0.3 is 10.2 Å². The van der Waals surface area contributed by atoms with Crippen LogP contribution in [0.5, 0.6) is 0 Å². The van der Waals surface area contributed by atoms with Gasteiger partial charge >= 0.3 is 0 Å². The van der Waals surface area contributed by atoms with E-state index in [-0.39, 0.29) is 0 Å². The molecule has 2 aromatic rings. The first-order chi connectivity index (χ1) is 8.86. The highest BCUT2D eigenvalue weighted by Crippen LogP contribution is 2.22. The Kier molecular flexibility index (Phi) is 3.02. The molecular weight excluding hydrogens is 224 g/mol. The minimum absolute atomic E-state index is 1.05. The van der Waals surface area contributed by atoms with E-state index in [2.05, 4.69) is 34.4 Å². The fourth-order valence-corrected chi connectivity index (χ4v) is 2.45. The minimum Gasteiger partial charge on any atom is -0.366 e. The standard InChI is InChI=1S/C14H18N4/c1-12-14(17-9-7-15-8-10-17)11-16-18(12)13-5-3-2-4-6-13/h2-6,11,15H,7-10H2,1H3. The van der Waals surface area contributed by atoms with Crippen molar-refractivity contribution in [2.75, 3.05) is 31.1 Å². The number of anilines is 1. The molecule has 1 fully saturated rings. The summed E-state index contributed by atoms with van der Waals surface area (Å²) in [6, 6.07) is 10.3. The highest BCUT2D eigenvalue weighted by Gasteiger charge is 2.16. The Morgan fingerprint density at radius 1 is 1.11 bits per heavy atom. The van der Waals surface area contributed by atoms with Crippen molar-refractivity contribution in [3.63, 3.8) is 0 Å². The molecule has 0 radical (unpaired) electrons. The van der Waals surface area contributed by atoms with Gasteiger partial charge in [-0.3, -0.25) is 0 Å². The van der Waals surface area contributed by atoms with Crippen molar-refractivity contribution in [1.82, 2.24) is 15.1 Å².